The molecule has 1 amide bonds. The van der Waals surface area contributed by atoms with Gasteiger partial charge in [-0.1, -0.05) is 23.8 Å². The van der Waals surface area contributed by atoms with Gasteiger partial charge in [-0.15, -0.1) is 0 Å². The van der Waals surface area contributed by atoms with E-state index < -0.39 is 5.60 Å². The van der Waals surface area contributed by atoms with Crippen molar-refractivity contribution in [3.8, 4) is 0 Å². The van der Waals surface area contributed by atoms with Gasteiger partial charge < -0.3 is 10.0 Å². The van der Waals surface area contributed by atoms with Crippen molar-refractivity contribution in [3.05, 3.63) is 41.0 Å². The lowest BCUT2D eigenvalue weighted by molar-refractivity contribution is -0.125. The summed E-state index contributed by atoms with van der Waals surface area (Å²) in [6, 6.07) is 6.16. The van der Waals surface area contributed by atoms with Crippen LogP contribution < -0.4 is 0 Å². The van der Waals surface area contributed by atoms with Crippen LogP contribution in [0.1, 0.15) is 30.0 Å². The first kappa shape index (κ1) is 13.8. The van der Waals surface area contributed by atoms with Gasteiger partial charge in [-0.3, -0.25) is 4.79 Å². The average molecular weight is 259 g/mol. The van der Waals surface area contributed by atoms with Crippen LogP contribution in [0.15, 0.2) is 24.3 Å². The molecule has 1 heterocycles. The summed E-state index contributed by atoms with van der Waals surface area (Å²) in [5.74, 6) is -0.0299. The summed E-state index contributed by atoms with van der Waals surface area (Å²) in [6.45, 7) is 6.91. The van der Waals surface area contributed by atoms with Gasteiger partial charge >= 0.3 is 0 Å². The Balaban J connectivity index is 2.04. The molecule has 3 nitrogen and oxygen atoms in total. The highest BCUT2D eigenvalue weighted by Crippen LogP contribution is 2.20. The zero-order valence-corrected chi connectivity index (χ0v) is 11.8. The number of carbonyl (C=O) groups is 1. The van der Waals surface area contributed by atoms with Crippen molar-refractivity contribution in [3.63, 3.8) is 0 Å². The minimum Gasteiger partial charge on any atom is -0.388 e. The molecule has 1 saturated heterocycles. The molecule has 1 unspecified atom stereocenters. The van der Waals surface area contributed by atoms with Gasteiger partial charge in [0.25, 0.3) is 0 Å². The standard InChI is InChI=1S/C16H21NO2/c1-12-4-5-14(13(2)10-12)6-7-15(18)17-9-8-16(3,19)11-17/h4-7,10,19H,8-9,11H2,1-3H3/b7-6+. The second kappa shape index (κ2) is 5.17. The molecule has 0 aromatic heterocycles. The molecule has 1 atom stereocenters. The monoisotopic (exact) mass is 259 g/mol. The summed E-state index contributed by atoms with van der Waals surface area (Å²) >= 11 is 0. The molecule has 2 rings (SSSR count). The Morgan fingerprint density at radius 1 is 1.42 bits per heavy atom. The highest BCUT2D eigenvalue weighted by molar-refractivity contribution is 5.92. The number of likely N-dealkylation sites (tertiary alicyclic amines) is 1. The lowest BCUT2D eigenvalue weighted by atomic mass is 10.1. The summed E-state index contributed by atoms with van der Waals surface area (Å²) in [6.07, 6.45) is 4.10. The topological polar surface area (TPSA) is 40.5 Å². The van der Waals surface area contributed by atoms with Crippen LogP contribution in [0, 0.1) is 13.8 Å². The molecule has 1 aliphatic rings. The third-order valence-electron chi connectivity index (χ3n) is 3.59. The zero-order chi connectivity index (χ0) is 14.0. The number of rotatable bonds is 2. The molecule has 0 saturated carbocycles. The van der Waals surface area contributed by atoms with Crippen LogP contribution in [0.4, 0.5) is 0 Å². The van der Waals surface area contributed by atoms with Crippen molar-refractivity contribution in [1.82, 2.24) is 4.90 Å². The third kappa shape index (κ3) is 3.44. The van der Waals surface area contributed by atoms with Gasteiger partial charge in [-0.2, -0.15) is 0 Å². The first-order chi connectivity index (χ1) is 8.87. The molecule has 1 aliphatic heterocycles. The third-order valence-corrected chi connectivity index (χ3v) is 3.59. The van der Waals surface area contributed by atoms with Crippen molar-refractivity contribution in [2.75, 3.05) is 13.1 Å². The number of carbonyl (C=O) groups excluding carboxylic acids is 1. The van der Waals surface area contributed by atoms with Crippen LogP contribution in [0.2, 0.25) is 0 Å². The predicted molar refractivity (Wildman–Crippen MR) is 76.8 cm³/mol. The number of amides is 1. The molecule has 19 heavy (non-hydrogen) atoms. The lowest BCUT2D eigenvalue weighted by Crippen LogP contribution is -2.32. The largest absolute Gasteiger partial charge is 0.388 e. The summed E-state index contributed by atoms with van der Waals surface area (Å²) in [5.41, 5.74) is 2.71. The molecule has 102 valence electrons. The van der Waals surface area contributed by atoms with Gasteiger partial charge in [0, 0.05) is 19.2 Å². The molecule has 0 radical (unpaired) electrons. The van der Waals surface area contributed by atoms with E-state index in [0.29, 0.717) is 19.5 Å². The van der Waals surface area contributed by atoms with E-state index in [2.05, 4.69) is 13.0 Å². The maximum atomic E-state index is 12.0. The minimum absolute atomic E-state index is 0.0299. The van der Waals surface area contributed by atoms with Crippen LogP contribution in [0.3, 0.4) is 0 Å². The summed E-state index contributed by atoms with van der Waals surface area (Å²) in [4.78, 5) is 13.7. The van der Waals surface area contributed by atoms with Crippen molar-refractivity contribution in [2.45, 2.75) is 32.8 Å². The first-order valence-electron chi connectivity index (χ1n) is 6.64. The number of aryl methyl sites for hydroxylation is 2. The fourth-order valence-electron chi connectivity index (χ4n) is 2.41. The van der Waals surface area contributed by atoms with Crippen LogP contribution in [0.25, 0.3) is 6.08 Å². The van der Waals surface area contributed by atoms with Crippen LogP contribution in [-0.4, -0.2) is 34.6 Å². The Labute approximate surface area is 114 Å². The molecule has 3 heteroatoms. The molecular weight excluding hydrogens is 238 g/mol. The second-order valence-electron chi connectivity index (χ2n) is 5.70. The van der Waals surface area contributed by atoms with Crippen molar-refractivity contribution in [1.29, 1.82) is 0 Å². The van der Waals surface area contributed by atoms with Gasteiger partial charge in [0.15, 0.2) is 0 Å². The Kier molecular flexibility index (Phi) is 3.76. The lowest BCUT2D eigenvalue weighted by Gasteiger charge is -2.17. The van der Waals surface area contributed by atoms with Crippen LogP contribution in [-0.2, 0) is 4.79 Å². The number of hydrogen-bond donors (Lipinski definition) is 1. The zero-order valence-electron chi connectivity index (χ0n) is 11.8. The predicted octanol–water partition coefficient (Wildman–Crippen LogP) is 2.30. The Morgan fingerprint density at radius 2 is 2.16 bits per heavy atom. The van der Waals surface area contributed by atoms with E-state index in [1.807, 2.05) is 25.1 Å². The van der Waals surface area contributed by atoms with E-state index in [1.54, 1.807) is 17.9 Å². The maximum absolute atomic E-state index is 12.0. The van der Waals surface area contributed by atoms with E-state index in [1.165, 1.54) is 5.56 Å². The van der Waals surface area contributed by atoms with Crippen molar-refractivity contribution in [2.24, 2.45) is 0 Å². The van der Waals surface area contributed by atoms with Crippen LogP contribution in [0.5, 0.6) is 0 Å². The normalized spacial score (nSPS) is 23.3. The summed E-state index contributed by atoms with van der Waals surface area (Å²) in [5, 5.41) is 9.86. The fraction of sp³-hybridized carbons (Fsp3) is 0.438. The highest BCUT2D eigenvalue weighted by Gasteiger charge is 2.32. The van der Waals surface area contributed by atoms with E-state index >= 15 is 0 Å². The molecule has 1 N–H and O–H groups in total. The minimum atomic E-state index is -0.733. The molecule has 0 bridgehead atoms. The molecular formula is C16H21NO2. The summed E-state index contributed by atoms with van der Waals surface area (Å²) < 4.78 is 0. The molecule has 1 fully saturated rings. The van der Waals surface area contributed by atoms with Gasteiger partial charge in [0.1, 0.15) is 0 Å². The maximum Gasteiger partial charge on any atom is 0.246 e. The quantitative estimate of drug-likeness (QED) is 0.828. The number of benzene rings is 1. The van der Waals surface area contributed by atoms with E-state index in [4.69, 9.17) is 0 Å². The molecule has 0 aliphatic carbocycles. The van der Waals surface area contributed by atoms with Crippen molar-refractivity contribution < 1.29 is 9.90 Å². The molecule has 1 aromatic rings. The number of aliphatic hydroxyl groups is 1. The fourth-order valence-corrected chi connectivity index (χ4v) is 2.41. The van der Waals surface area contributed by atoms with Gasteiger partial charge in [-0.05, 0) is 44.4 Å². The van der Waals surface area contributed by atoms with Gasteiger partial charge in [-0.25, -0.2) is 0 Å². The Morgan fingerprint density at radius 3 is 2.74 bits per heavy atom. The SMILES string of the molecule is Cc1ccc(/C=C/C(=O)N2CCC(C)(O)C2)c(C)c1. The number of hydrogen-bond acceptors (Lipinski definition) is 2. The van der Waals surface area contributed by atoms with Gasteiger partial charge in [0.05, 0.1) is 5.60 Å². The van der Waals surface area contributed by atoms with Crippen LogP contribution >= 0.6 is 0 Å². The van der Waals surface area contributed by atoms with E-state index in [0.717, 1.165) is 11.1 Å². The van der Waals surface area contributed by atoms with Gasteiger partial charge in [0.2, 0.25) is 5.91 Å². The first-order valence-corrected chi connectivity index (χ1v) is 6.64. The number of nitrogens with zero attached hydrogens (tertiary/aromatic N) is 1. The Hall–Kier alpha value is -1.61. The van der Waals surface area contributed by atoms with Crippen molar-refractivity contribution >= 4 is 12.0 Å². The molecule has 0 spiro atoms. The summed E-state index contributed by atoms with van der Waals surface area (Å²) in [7, 11) is 0. The number of β-amino-alcohol motifs (C(OH)–C–C–N with tert-alkyl or cyclic N) is 1. The highest BCUT2D eigenvalue weighted by atomic mass is 16.3. The van der Waals surface area contributed by atoms with E-state index in [9.17, 15) is 9.90 Å². The molecule has 1 aromatic carbocycles. The average Bonchev–Trinajstić information content (AvgIpc) is 2.68. The Bertz CT molecular complexity index is 517. The second-order valence-corrected chi connectivity index (χ2v) is 5.70. The smallest absolute Gasteiger partial charge is 0.246 e. The van der Waals surface area contributed by atoms with E-state index in [-0.39, 0.29) is 5.91 Å².